The molecule has 0 saturated heterocycles. The Hall–Kier alpha value is -1.04. The normalized spacial score (nSPS) is 12.9. The van der Waals surface area contributed by atoms with Gasteiger partial charge in [0.25, 0.3) is 0 Å². The lowest BCUT2D eigenvalue weighted by molar-refractivity contribution is -0.144. The summed E-state index contributed by atoms with van der Waals surface area (Å²) in [4.78, 5) is 10.8. The molecule has 2 nitrogen and oxygen atoms in total. The van der Waals surface area contributed by atoms with Crippen LogP contribution in [-0.4, -0.2) is 11.1 Å². The maximum atomic E-state index is 12.5. The second-order valence-electron chi connectivity index (χ2n) is 3.63. The molecule has 84 valence electrons. The summed E-state index contributed by atoms with van der Waals surface area (Å²) >= 11 is 0.854. The van der Waals surface area contributed by atoms with Crippen LogP contribution in [0.3, 0.4) is 0 Å². The second kappa shape index (κ2) is 3.52. The number of carboxylic acids is 1. The summed E-state index contributed by atoms with van der Waals surface area (Å²) in [5.74, 6) is -1.27. The van der Waals surface area contributed by atoms with E-state index < -0.39 is 23.1 Å². The molecule has 0 saturated carbocycles. The first-order valence-electron chi connectivity index (χ1n) is 4.04. The predicted molar refractivity (Wildman–Crippen MR) is 50.0 cm³/mol. The average molecular weight is 238 g/mol. The Morgan fingerprint density at radius 2 is 1.73 bits per heavy atom. The fraction of sp³-hybridized carbons (Fsp3) is 0.444. The fourth-order valence-electron chi connectivity index (χ4n) is 1.12. The molecular formula is C9H9F3O2S. The molecule has 1 aromatic rings. The van der Waals surface area contributed by atoms with Crippen molar-refractivity contribution in [3.8, 4) is 0 Å². The average Bonchev–Trinajstić information content (AvgIpc) is 2.49. The summed E-state index contributed by atoms with van der Waals surface area (Å²) in [5, 5.41) is 11.0. The van der Waals surface area contributed by atoms with E-state index in [1.807, 2.05) is 0 Å². The van der Waals surface area contributed by atoms with Gasteiger partial charge in [0.1, 0.15) is 0 Å². The highest BCUT2D eigenvalue weighted by atomic mass is 32.1. The largest absolute Gasteiger partial charge is 0.481 e. The standard InChI is InChI=1S/C9H9F3O2S/c1-8(2,7(13)14)5-3-15-4-6(5)9(10,11)12/h3-4H,1-2H3,(H,13,14). The molecule has 0 fully saturated rings. The topological polar surface area (TPSA) is 37.3 Å². The third kappa shape index (κ3) is 2.14. The number of aliphatic carboxylic acids is 1. The van der Waals surface area contributed by atoms with E-state index >= 15 is 0 Å². The van der Waals surface area contributed by atoms with Crippen LogP contribution in [0.25, 0.3) is 0 Å². The number of thiophene rings is 1. The Labute approximate surface area is 88.3 Å². The molecule has 1 rings (SSSR count). The zero-order valence-electron chi connectivity index (χ0n) is 8.05. The lowest BCUT2D eigenvalue weighted by Gasteiger charge is -2.21. The number of carboxylic acid groups (broad SMARTS) is 1. The molecule has 0 aromatic carbocycles. The predicted octanol–water partition coefficient (Wildman–Crippen LogP) is 3.13. The summed E-state index contributed by atoms with van der Waals surface area (Å²) in [6.45, 7) is 2.51. The molecular weight excluding hydrogens is 229 g/mol. The fourth-order valence-corrected chi connectivity index (χ4v) is 2.14. The number of hydrogen-bond acceptors (Lipinski definition) is 2. The second-order valence-corrected chi connectivity index (χ2v) is 4.37. The van der Waals surface area contributed by atoms with Crippen LogP contribution < -0.4 is 0 Å². The van der Waals surface area contributed by atoms with Gasteiger partial charge in [0.2, 0.25) is 0 Å². The maximum Gasteiger partial charge on any atom is 0.417 e. The Morgan fingerprint density at radius 3 is 2.13 bits per heavy atom. The first-order valence-corrected chi connectivity index (χ1v) is 4.99. The van der Waals surface area contributed by atoms with Crippen LogP contribution in [0.4, 0.5) is 13.2 Å². The van der Waals surface area contributed by atoms with Gasteiger partial charge in [-0.25, -0.2) is 0 Å². The summed E-state index contributed by atoms with van der Waals surface area (Å²) in [6.07, 6.45) is -4.50. The number of alkyl halides is 3. The lowest BCUT2D eigenvalue weighted by atomic mass is 9.84. The molecule has 0 radical (unpaired) electrons. The molecule has 1 heterocycles. The third-order valence-electron chi connectivity index (χ3n) is 2.18. The molecule has 0 bridgehead atoms. The van der Waals surface area contributed by atoms with Gasteiger partial charge >= 0.3 is 12.1 Å². The van der Waals surface area contributed by atoms with Crippen molar-refractivity contribution in [1.29, 1.82) is 0 Å². The highest BCUT2D eigenvalue weighted by Crippen LogP contribution is 2.39. The molecule has 0 spiro atoms. The molecule has 6 heteroatoms. The summed E-state index contributed by atoms with van der Waals surface area (Å²) < 4.78 is 37.5. The van der Waals surface area contributed by atoms with Crippen LogP contribution in [0.15, 0.2) is 10.8 Å². The highest BCUT2D eigenvalue weighted by Gasteiger charge is 2.41. The van der Waals surface area contributed by atoms with Crippen molar-refractivity contribution in [1.82, 2.24) is 0 Å². The first kappa shape index (κ1) is 12.0. The van der Waals surface area contributed by atoms with Gasteiger partial charge in [0.15, 0.2) is 0 Å². The number of halogens is 3. The monoisotopic (exact) mass is 238 g/mol. The SMILES string of the molecule is CC(C)(C(=O)O)c1cscc1C(F)(F)F. The zero-order valence-corrected chi connectivity index (χ0v) is 8.87. The quantitative estimate of drug-likeness (QED) is 0.859. The van der Waals surface area contributed by atoms with Gasteiger partial charge in [0, 0.05) is 5.38 Å². The van der Waals surface area contributed by atoms with Crippen molar-refractivity contribution in [3.05, 3.63) is 21.9 Å². The van der Waals surface area contributed by atoms with E-state index in [9.17, 15) is 18.0 Å². The van der Waals surface area contributed by atoms with E-state index in [2.05, 4.69) is 0 Å². The maximum absolute atomic E-state index is 12.5. The number of rotatable bonds is 2. The van der Waals surface area contributed by atoms with E-state index in [-0.39, 0.29) is 5.56 Å². The minimum absolute atomic E-state index is 0.187. The van der Waals surface area contributed by atoms with Crippen molar-refractivity contribution < 1.29 is 23.1 Å². The molecule has 0 aliphatic rings. The lowest BCUT2D eigenvalue weighted by Crippen LogP contribution is -2.30. The van der Waals surface area contributed by atoms with Gasteiger partial charge < -0.3 is 5.11 Å². The summed E-state index contributed by atoms with van der Waals surface area (Å²) in [7, 11) is 0. The van der Waals surface area contributed by atoms with Gasteiger partial charge in [-0.2, -0.15) is 24.5 Å². The molecule has 0 atom stereocenters. The minimum atomic E-state index is -4.50. The van der Waals surface area contributed by atoms with Crippen LogP contribution in [0.1, 0.15) is 25.0 Å². The van der Waals surface area contributed by atoms with E-state index in [1.54, 1.807) is 0 Å². The number of carbonyl (C=O) groups is 1. The highest BCUT2D eigenvalue weighted by molar-refractivity contribution is 7.08. The third-order valence-corrected chi connectivity index (χ3v) is 2.92. The zero-order chi connectivity index (χ0) is 11.9. The van der Waals surface area contributed by atoms with E-state index in [0.29, 0.717) is 0 Å². The molecule has 15 heavy (non-hydrogen) atoms. The van der Waals surface area contributed by atoms with Crippen LogP contribution in [0.5, 0.6) is 0 Å². The van der Waals surface area contributed by atoms with Gasteiger partial charge in [0.05, 0.1) is 11.0 Å². The molecule has 1 N–H and O–H groups in total. The molecule has 0 aliphatic heterocycles. The Kier molecular flexibility index (Phi) is 2.82. The van der Waals surface area contributed by atoms with Crippen LogP contribution in [0.2, 0.25) is 0 Å². The smallest absolute Gasteiger partial charge is 0.417 e. The Bertz CT molecular complexity index is 379. The number of hydrogen-bond donors (Lipinski definition) is 1. The minimum Gasteiger partial charge on any atom is -0.481 e. The van der Waals surface area contributed by atoms with Gasteiger partial charge in [-0.15, -0.1) is 0 Å². The van der Waals surface area contributed by atoms with Crippen LogP contribution >= 0.6 is 11.3 Å². The molecule has 0 unspecified atom stereocenters. The van der Waals surface area contributed by atoms with Crippen molar-refractivity contribution in [2.24, 2.45) is 0 Å². The van der Waals surface area contributed by atoms with Crippen LogP contribution in [-0.2, 0) is 16.4 Å². The van der Waals surface area contributed by atoms with Crippen LogP contribution in [0, 0.1) is 0 Å². The van der Waals surface area contributed by atoms with Crippen molar-refractivity contribution in [3.63, 3.8) is 0 Å². The Balaban J connectivity index is 3.28. The van der Waals surface area contributed by atoms with Crippen molar-refractivity contribution in [2.45, 2.75) is 25.4 Å². The molecule has 0 aliphatic carbocycles. The van der Waals surface area contributed by atoms with E-state index in [1.165, 1.54) is 19.2 Å². The van der Waals surface area contributed by atoms with E-state index in [4.69, 9.17) is 5.11 Å². The summed E-state index contributed by atoms with van der Waals surface area (Å²) in [6, 6.07) is 0. The molecule has 1 aromatic heterocycles. The molecule has 0 amide bonds. The van der Waals surface area contributed by atoms with Crippen molar-refractivity contribution >= 4 is 17.3 Å². The van der Waals surface area contributed by atoms with Gasteiger partial charge in [-0.05, 0) is 24.8 Å². The summed E-state index contributed by atoms with van der Waals surface area (Å²) in [5.41, 5.74) is -2.57. The van der Waals surface area contributed by atoms with Crippen molar-refractivity contribution in [2.75, 3.05) is 0 Å². The van der Waals surface area contributed by atoms with Gasteiger partial charge in [-0.3, -0.25) is 4.79 Å². The van der Waals surface area contributed by atoms with Gasteiger partial charge in [-0.1, -0.05) is 0 Å². The van der Waals surface area contributed by atoms with E-state index in [0.717, 1.165) is 16.7 Å². The Morgan fingerprint density at radius 1 is 1.27 bits per heavy atom. The first-order chi connectivity index (χ1) is 6.67.